The third kappa shape index (κ3) is 3.21. The summed E-state index contributed by atoms with van der Waals surface area (Å²) in [4.78, 5) is 24.3. The SMILES string of the molecule is CNc1ccc([N+](=O)[O-])c(Oc2ccc([N+](=O)[O-])cc2)n1. The number of nitro groups is 2. The Labute approximate surface area is 118 Å². The summed E-state index contributed by atoms with van der Waals surface area (Å²) in [7, 11) is 1.61. The summed E-state index contributed by atoms with van der Waals surface area (Å²) in [5, 5.41) is 24.2. The second kappa shape index (κ2) is 5.82. The Morgan fingerprint density at radius 2 is 1.71 bits per heavy atom. The topological polar surface area (TPSA) is 120 Å². The van der Waals surface area contributed by atoms with Gasteiger partial charge in [0.1, 0.15) is 11.6 Å². The fourth-order valence-corrected chi connectivity index (χ4v) is 1.53. The van der Waals surface area contributed by atoms with Gasteiger partial charge in [0.05, 0.1) is 9.85 Å². The first-order valence-electron chi connectivity index (χ1n) is 5.77. The van der Waals surface area contributed by atoms with Gasteiger partial charge in [-0.2, -0.15) is 4.98 Å². The summed E-state index contributed by atoms with van der Waals surface area (Å²) in [6.07, 6.45) is 0. The van der Waals surface area contributed by atoms with E-state index in [0.717, 1.165) is 0 Å². The van der Waals surface area contributed by atoms with Crippen molar-refractivity contribution >= 4 is 17.2 Å². The predicted molar refractivity (Wildman–Crippen MR) is 73.6 cm³/mol. The minimum absolute atomic E-state index is 0.103. The zero-order valence-electron chi connectivity index (χ0n) is 10.8. The molecule has 9 heteroatoms. The second-order valence-corrected chi connectivity index (χ2v) is 3.88. The zero-order valence-corrected chi connectivity index (χ0v) is 10.8. The van der Waals surface area contributed by atoms with Crippen molar-refractivity contribution in [1.29, 1.82) is 0 Å². The minimum atomic E-state index is -0.618. The number of hydrogen-bond donors (Lipinski definition) is 1. The van der Waals surface area contributed by atoms with Crippen LogP contribution in [0.25, 0.3) is 0 Å². The van der Waals surface area contributed by atoms with E-state index in [-0.39, 0.29) is 23.0 Å². The molecular formula is C12H10N4O5. The standard InChI is InChI=1S/C12H10N4O5/c1-13-11-7-6-10(16(19)20)12(14-11)21-9-4-2-8(3-5-9)15(17)18/h2-7H,1H3,(H,13,14). The van der Waals surface area contributed by atoms with Crippen molar-refractivity contribution in [2.45, 2.75) is 0 Å². The molecule has 0 aliphatic carbocycles. The maximum atomic E-state index is 10.9. The van der Waals surface area contributed by atoms with Crippen LogP contribution in [0, 0.1) is 20.2 Å². The maximum absolute atomic E-state index is 10.9. The molecule has 1 N–H and O–H groups in total. The van der Waals surface area contributed by atoms with E-state index in [4.69, 9.17) is 4.74 Å². The van der Waals surface area contributed by atoms with Crippen molar-refractivity contribution in [2.75, 3.05) is 12.4 Å². The van der Waals surface area contributed by atoms with Gasteiger partial charge in [-0.25, -0.2) is 0 Å². The number of pyridine rings is 1. The third-order valence-corrected chi connectivity index (χ3v) is 2.56. The number of hydrogen-bond acceptors (Lipinski definition) is 7. The van der Waals surface area contributed by atoms with E-state index in [0.29, 0.717) is 5.82 Å². The maximum Gasteiger partial charge on any atom is 0.331 e. The van der Waals surface area contributed by atoms with Gasteiger partial charge in [-0.15, -0.1) is 0 Å². The number of anilines is 1. The molecule has 21 heavy (non-hydrogen) atoms. The number of nitrogens with zero attached hydrogens (tertiary/aromatic N) is 3. The van der Waals surface area contributed by atoms with Gasteiger partial charge in [-0.3, -0.25) is 20.2 Å². The van der Waals surface area contributed by atoms with Gasteiger partial charge in [0.15, 0.2) is 0 Å². The molecule has 2 rings (SSSR count). The Bertz CT molecular complexity index is 687. The van der Waals surface area contributed by atoms with Gasteiger partial charge in [0, 0.05) is 25.2 Å². The quantitative estimate of drug-likeness (QED) is 0.663. The van der Waals surface area contributed by atoms with Gasteiger partial charge < -0.3 is 10.1 Å². The number of rotatable bonds is 5. The summed E-state index contributed by atoms with van der Waals surface area (Å²) in [5.41, 5.74) is -0.402. The predicted octanol–water partition coefficient (Wildman–Crippen LogP) is 2.73. The molecule has 0 amide bonds. The summed E-state index contributed by atoms with van der Waals surface area (Å²) in [6, 6.07) is 7.87. The molecule has 0 spiro atoms. The molecule has 0 unspecified atom stereocenters. The van der Waals surface area contributed by atoms with Crippen molar-refractivity contribution in [1.82, 2.24) is 4.98 Å². The largest absolute Gasteiger partial charge is 0.434 e. The highest BCUT2D eigenvalue weighted by Crippen LogP contribution is 2.31. The van der Waals surface area contributed by atoms with E-state index in [9.17, 15) is 20.2 Å². The Morgan fingerprint density at radius 3 is 2.24 bits per heavy atom. The molecule has 0 saturated heterocycles. The highest BCUT2D eigenvalue weighted by molar-refractivity contribution is 5.50. The first-order valence-corrected chi connectivity index (χ1v) is 5.77. The van der Waals surface area contributed by atoms with Gasteiger partial charge >= 0.3 is 11.6 Å². The average Bonchev–Trinajstić information content (AvgIpc) is 2.47. The lowest BCUT2D eigenvalue weighted by Crippen LogP contribution is -1.99. The van der Waals surface area contributed by atoms with E-state index < -0.39 is 9.85 Å². The van der Waals surface area contributed by atoms with E-state index in [1.165, 1.54) is 36.4 Å². The van der Waals surface area contributed by atoms with Gasteiger partial charge in [-0.1, -0.05) is 0 Å². The molecular weight excluding hydrogens is 280 g/mol. The first kappa shape index (κ1) is 14.2. The molecule has 0 bridgehead atoms. The molecule has 1 aromatic heterocycles. The van der Waals surface area contributed by atoms with Crippen LogP contribution in [-0.4, -0.2) is 21.9 Å². The summed E-state index contributed by atoms with van der Waals surface area (Å²) >= 11 is 0. The fraction of sp³-hybridized carbons (Fsp3) is 0.0833. The third-order valence-electron chi connectivity index (χ3n) is 2.56. The van der Waals surface area contributed by atoms with E-state index in [2.05, 4.69) is 10.3 Å². The number of nitro benzene ring substituents is 1. The number of non-ortho nitro benzene ring substituents is 1. The Kier molecular flexibility index (Phi) is 3.93. The second-order valence-electron chi connectivity index (χ2n) is 3.88. The normalized spacial score (nSPS) is 9.95. The molecule has 2 aromatic rings. The molecule has 0 atom stereocenters. The van der Waals surface area contributed by atoms with Gasteiger partial charge in [0.2, 0.25) is 0 Å². The molecule has 1 aromatic carbocycles. The van der Waals surface area contributed by atoms with Crippen LogP contribution in [0.3, 0.4) is 0 Å². The fourth-order valence-electron chi connectivity index (χ4n) is 1.53. The molecule has 0 radical (unpaired) electrons. The zero-order chi connectivity index (χ0) is 15.4. The van der Waals surface area contributed by atoms with Gasteiger partial charge in [-0.05, 0) is 18.2 Å². The molecule has 9 nitrogen and oxygen atoms in total. The number of aromatic nitrogens is 1. The number of ether oxygens (including phenoxy) is 1. The lowest BCUT2D eigenvalue weighted by molar-refractivity contribution is -0.386. The van der Waals surface area contributed by atoms with E-state index in [1.807, 2.05) is 0 Å². The molecule has 1 heterocycles. The van der Waals surface area contributed by atoms with E-state index in [1.54, 1.807) is 7.05 Å². The van der Waals surface area contributed by atoms with Crippen LogP contribution in [0.4, 0.5) is 17.2 Å². The van der Waals surface area contributed by atoms with Crippen LogP contribution in [-0.2, 0) is 0 Å². The lowest BCUT2D eigenvalue weighted by atomic mass is 10.3. The Morgan fingerprint density at radius 1 is 1.05 bits per heavy atom. The number of benzene rings is 1. The van der Waals surface area contributed by atoms with Crippen LogP contribution >= 0.6 is 0 Å². The van der Waals surface area contributed by atoms with Crippen molar-refractivity contribution in [3.8, 4) is 11.6 Å². The van der Waals surface area contributed by atoms with Crippen LogP contribution in [0.2, 0.25) is 0 Å². The van der Waals surface area contributed by atoms with E-state index >= 15 is 0 Å². The minimum Gasteiger partial charge on any atom is -0.434 e. The van der Waals surface area contributed by atoms with Crippen molar-refractivity contribution in [3.63, 3.8) is 0 Å². The number of nitrogens with one attached hydrogen (secondary N) is 1. The van der Waals surface area contributed by atoms with Crippen molar-refractivity contribution in [3.05, 3.63) is 56.6 Å². The molecule has 108 valence electrons. The average molecular weight is 290 g/mol. The molecule has 0 saturated carbocycles. The monoisotopic (exact) mass is 290 g/mol. The molecule has 0 aliphatic heterocycles. The smallest absolute Gasteiger partial charge is 0.331 e. The first-order chi connectivity index (χ1) is 10.0. The Balaban J connectivity index is 2.33. The van der Waals surface area contributed by atoms with Crippen molar-refractivity contribution < 1.29 is 14.6 Å². The molecule has 0 fully saturated rings. The van der Waals surface area contributed by atoms with Crippen LogP contribution < -0.4 is 10.1 Å². The summed E-state index contributed by atoms with van der Waals surface area (Å²) in [5.74, 6) is 0.419. The Hall–Kier alpha value is -3.23. The molecule has 0 aliphatic rings. The van der Waals surface area contributed by atoms with Crippen molar-refractivity contribution in [2.24, 2.45) is 0 Å². The van der Waals surface area contributed by atoms with Crippen LogP contribution in [0.1, 0.15) is 0 Å². The highest BCUT2D eigenvalue weighted by Gasteiger charge is 2.18. The van der Waals surface area contributed by atoms with Gasteiger partial charge in [0.25, 0.3) is 5.69 Å². The lowest BCUT2D eigenvalue weighted by Gasteiger charge is -2.07. The van der Waals surface area contributed by atoms with Crippen LogP contribution in [0.15, 0.2) is 36.4 Å². The highest BCUT2D eigenvalue weighted by atomic mass is 16.6. The van der Waals surface area contributed by atoms with Crippen LogP contribution in [0.5, 0.6) is 11.6 Å². The summed E-state index contributed by atoms with van der Waals surface area (Å²) in [6.45, 7) is 0. The summed E-state index contributed by atoms with van der Waals surface area (Å²) < 4.78 is 5.33.